The van der Waals surface area contributed by atoms with E-state index in [-0.39, 0.29) is 5.91 Å². The Labute approximate surface area is 165 Å². The number of hydrogen-bond donors (Lipinski definition) is 1. The fraction of sp³-hybridized carbons (Fsp3) is 0.0952. The molecular weight excluding hydrogens is 404 g/mol. The summed E-state index contributed by atoms with van der Waals surface area (Å²) in [7, 11) is 1.82. The van der Waals surface area contributed by atoms with Gasteiger partial charge in [0.25, 0.3) is 5.91 Å². The molecule has 4 aromatic rings. The van der Waals surface area contributed by atoms with E-state index in [1.807, 2.05) is 68.6 Å². The highest BCUT2D eigenvalue weighted by Gasteiger charge is 2.19. The number of aryl methyl sites for hydroxylation is 2. The number of hydrogen-bond acceptors (Lipinski definition) is 3. The molecule has 0 unspecified atom stereocenters. The van der Waals surface area contributed by atoms with Gasteiger partial charge < -0.3 is 5.32 Å². The Bertz CT molecular complexity index is 1150. The van der Waals surface area contributed by atoms with Crippen LogP contribution in [0.25, 0.3) is 22.0 Å². The molecule has 0 saturated carbocycles. The van der Waals surface area contributed by atoms with Crippen LogP contribution in [-0.4, -0.2) is 20.7 Å². The molecule has 1 amide bonds. The second kappa shape index (κ2) is 6.96. The van der Waals surface area contributed by atoms with E-state index in [4.69, 9.17) is 0 Å². The fourth-order valence-electron chi connectivity index (χ4n) is 3.13. The van der Waals surface area contributed by atoms with Crippen LogP contribution in [0.5, 0.6) is 0 Å². The second-order valence-corrected chi connectivity index (χ2v) is 7.20. The van der Waals surface area contributed by atoms with E-state index < -0.39 is 0 Å². The first-order valence-corrected chi connectivity index (χ1v) is 9.29. The zero-order valence-corrected chi connectivity index (χ0v) is 16.5. The van der Waals surface area contributed by atoms with Gasteiger partial charge >= 0.3 is 0 Å². The average Bonchev–Trinajstić information content (AvgIpc) is 2.95. The summed E-state index contributed by atoms with van der Waals surface area (Å²) in [5.74, 6) is 0.386. The van der Waals surface area contributed by atoms with Crippen molar-refractivity contribution < 1.29 is 4.79 Å². The number of carbonyl (C=O) groups excluding carboxylic acids is 1. The molecule has 27 heavy (non-hydrogen) atoms. The van der Waals surface area contributed by atoms with Gasteiger partial charge in [0.05, 0.1) is 11.2 Å². The molecule has 0 bridgehead atoms. The van der Waals surface area contributed by atoms with E-state index in [0.717, 1.165) is 32.2 Å². The van der Waals surface area contributed by atoms with Gasteiger partial charge in [0, 0.05) is 22.5 Å². The predicted octanol–water partition coefficient (Wildman–Crippen LogP) is 4.96. The van der Waals surface area contributed by atoms with Gasteiger partial charge in [-0.2, -0.15) is 5.10 Å². The van der Waals surface area contributed by atoms with Crippen molar-refractivity contribution in [1.82, 2.24) is 14.8 Å². The van der Waals surface area contributed by atoms with Crippen molar-refractivity contribution in [2.45, 2.75) is 6.92 Å². The zero-order chi connectivity index (χ0) is 19.0. The van der Waals surface area contributed by atoms with Gasteiger partial charge in [-0.1, -0.05) is 52.3 Å². The third kappa shape index (κ3) is 3.36. The maximum Gasteiger partial charge on any atom is 0.275 e. The molecule has 4 rings (SSSR count). The lowest BCUT2D eigenvalue weighted by Crippen LogP contribution is -2.16. The Morgan fingerprint density at radius 3 is 2.56 bits per heavy atom. The third-order valence-corrected chi connectivity index (χ3v) is 4.95. The largest absolute Gasteiger partial charge is 0.305 e. The zero-order valence-electron chi connectivity index (χ0n) is 14.9. The van der Waals surface area contributed by atoms with Gasteiger partial charge in [0.1, 0.15) is 11.5 Å². The van der Waals surface area contributed by atoms with E-state index >= 15 is 0 Å². The molecule has 6 heteroatoms. The molecule has 0 fully saturated rings. The van der Waals surface area contributed by atoms with Crippen molar-refractivity contribution in [2.24, 2.45) is 7.05 Å². The van der Waals surface area contributed by atoms with Crippen LogP contribution in [0, 0.1) is 6.92 Å². The number of para-hydroxylation sites is 1. The highest BCUT2D eigenvalue weighted by atomic mass is 79.9. The maximum atomic E-state index is 12.8. The first kappa shape index (κ1) is 17.4. The average molecular weight is 421 g/mol. The van der Waals surface area contributed by atoms with Crippen LogP contribution < -0.4 is 5.32 Å². The summed E-state index contributed by atoms with van der Waals surface area (Å²) in [6.45, 7) is 1.93. The Hall–Kier alpha value is -2.99. The molecule has 0 atom stereocenters. The molecule has 5 nitrogen and oxygen atoms in total. The predicted molar refractivity (Wildman–Crippen MR) is 111 cm³/mol. The number of carbonyl (C=O) groups is 1. The number of pyridine rings is 1. The van der Waals surface area contributed by atoms with Gasteiger partial charge in [-0.3, -0.25) is 9.48 Å². The lowest BCUT2D eigenvalue weighted by molar-refractivity contribution is 0.102. The van der Waals surface area contributed by atoms with E-state index in [0.29, 0.717) is 11.5 Å². The Morgan fingerprint density at radius 1 is 1.04 bits per heavy atom. The van der Waals surface area contributed by atoms with Crippen LogP contribution in [-0.2, 0) is 7.05 Å². The highest BCUT2D eigenvalue weighted by molar-refractivity contribution is 9.10. The van der Waals surface area contributed by atoms with Crippen LogP contribution in [0.15, 0.2) is 65.1 Å². The lowest BCUT2D eigenvalue weighted by Gasteiger charge is -2.09. The summed E-state index contributed by atoms with van der Waals surface area (Å²) in [4.78, 5) is 17.3. The number of amides is 1. The molecule has 134 valence electrons. The molecule has 1 N–H and O–H groups in total. The molecule has 0 radical (unpaired) electrons. The molecule has 0 spiro atoms. The molecule has 2 aromatic heterocycles. The second-order valence-electron chi connectivity index (χ2n) is 6.28. The maximum absolute atomic E-state index is 12.8. The third-order valence-electron chi connectivity index (χ3n) is 4.42. The molecule has 2 heterocycles. The van der Waals surface area contributed by atoms with E-state index in [2.05, 4.69) is 31.3 Å². The SMILES string of the molecule is Cc1nn(C)c(NC(=O)c2ccc3ccccc3n2)c1-c1ccc(Br)cc1. The normalized spacial score (nSPS) is 10.9. The Balaban J connectivity index is 1.71. The van der Waals surface area contributed by atoms with Crippen molar-refractivity contribution in [3.63, 3.8) is 0 Å². The van der Waals surface area contributed by atoms with Crippen LogP contribution in [0.2, 0.25) is 0 Å². The van der Waals surface area contributed by atoms with Gasteiger partial charge in [0.15, 0.2) is 0 Å². The first-order valence-electron chi connectivity index (χ1n) is 8.49. The lowest BCUT2D eigenvalue weighted by atomic mass is 10.1. The van der Waals surface area contributed by atoms with Crippen LogP contribution in [0.1, 0.15) is 16.2 Å². The number of halogens is 1. The van der Waals surface area contributed by atoms with E-state index in [9.17, 15) is 4.79 Å². The summed E-state index contributed by atoms with van der Waals surface area (Å²) in [6.07, 6.45) is 0. The van der Waals surface area contributed by atoms with E-state index in [1.54, 1.807) is 10.7 Å². The van der Waals surface area contributed by atoms with Crippen LogP contribution in [0.3, 0.4) is 0 Å². The first-order chi connectivity index (χ1) is 13.0. The standard InChI is InChI=1S/C21H17BrN4O/c1-13-19(15-7-10-16(22)11-8-15)20(26(2)25-13)24-21(27)18-12-9-14-5-3-4-6-17(14)23-18/h3-12H,1-2H3,(H,24,27). The molecule has 0 aliphatic rings. The van der Waals surface area contributed by atoms with Gasteiger partial charge in [0.2, 0.25) is 0 Å². The van der Waals surface area contributed by atoms with Crippen molar-refractivity contribution in [3.05, 3.63) is 76.5 Å². The summed E-state index contributed by atoms with van der Waals surface area (Å²) in [5.41, 5.74) is 3.90. The van der Waals surface area contributed by atoms with Gasteiger partial charge in [-0.05, 0) is 36.8 Å². The number of anilines is 1. The number of nitrogens with one attached hydrogen (secondary N) is 1. The summed E-state index contributed by atoms with van der Waals surface area (Å²) in [5, 5.41) is 8.46. The molecule has 0 saturated heterocycles. The van der Waals surface area contributed by atoms with Crippen LogP contribution >= 0.6 is 15.9 Å². The Morgan fingerprint density at radius 2 is 1.78 bits per heavy atom. The van der Waals surface area contributed by atoms with Crippen LogP contribution in [0.4, 0.5) is 5.82 Å². The highest BCUT2D eigenvalue weighted by Crippen LogP contribution is 2.32. The minimum absolute atomic E-state index is 0.262. The van der Waals surface area contributed by atoms with Gasteiger partial charge in [-0.25, -0.2) is 4.98 Å². The summed E-state index contributed by atoms with van der Waals surface area (Å²) < 4.78 is 2.69. The minimum Gasteiger partial charge on any atom is -0.305 e. The van der Waals surface area contributed by atoms with Crippen molar-refractivity contribution in [3.8, 4) is 11.1 Å². The smallest absolute Gasteiger partial charge is 0.275 e. The summed E-state index contributed by atoms with van der Waals surface area (Å²) in [6, 6.07) is 19.3. The number of benzene rings is 2. The number of nitrogens with zero attached hydrogens (tertiary/aromatic N) is 3. The summed E-state index contributed by atoms with van der Waals surface area (Å²) >= 11 is 3.45. The number of aromatic nitrogens is 3. The molecular formula is C21H17BrN4O. The Kier molecular flexibility index (Phi) is 4.49. The quantitative estimate of drug-likeness (QED) is 0.509. The number of fused-ring (bicyclic) bond motifs is 1. The topological polar surface area (TPSA) is 59.8 Å². The van der Waals surface area contributed by atoms with Crippen molar-refractivity contribution in [2.75, 3.05) is 5.32 Å². The van der Waals surface area contributed by atoms with Crippen molar-refractivity contribution in [1.29, 1.82) is 0 Å². The number of rotatable bonds is 3. The molecule has 0 aliphatic carbocycles. The molecule has 2 aromatic carbocycles. The molecule has 0 aliphatic heterocycles. The minimum atomic E-state index is -0.262. The van der Waals surface area contributed by atoms with Crippen molar-refractivity contribution >= 4 is 38.6 Å². The monoisotopic (exact) mass is 420 g/mol. The fourth-order valence-corrected chi connectivity index (χ4v) is 3.39. The van der Waals surface area contributed by atoms with Gasteiger partial charge in [-0.15, -0.1) is 0 Å². The van der Waals surface area contributed by atoms with E-state index in [1.165, 1.54) is 0 Å².